The van der Waals surface area contributed by atoms with E-state index in [9.17, 15) is 106 Å². The fraction of sp³-hybridized carbons (Fsp3) is 0.917. The zero-order chi connectivity index (χ0) is 51.0. The Kier molecular flexibility index (Phi) is 18.6. The van der Waals surface area contributed by atoms with Gasteiger partial charge >= 0.3 is 17.9 Å². The monoisotopic (exact) mass is 1000 g/mol. The van der Waals surface area contributed by atoms with Gasteiger partial charge in [0.15, 0.2) is 12.6 Å². The number of aliphatic hydroxyl groups excluding tert-OH is 15. The molecule has 5 heterocycles. The molecular weight excluding hydrogens is 940 g/mol. The predicted molar refractivity (Wildman–Crippen MR) is 204 cm³/mol. The molecule has 22 N–H and O–H groups in total. The Balaban J connectivity index is 1.45. The van der Waals surface area contributed by atoms with E-state index in [2.05, 4.69) is 0 Å². The van der Waals surface area contributed by atoms with Gasteiger partial charge in [0, 0.05) is 19.3 Å². The number of ether oxygens (including phenoxy) is 9. The van der Waals surface area contributed by atoms with Crippen molar-refractivity contribution in [1.29, 1.82) is 0 Å². The van der Waals surface area contributed by atoms with E-state index in [0.717, 1.165) is 0 Å². The molecule has 0 radical (unpaired) electrons. The second-order valence-electron chi connectivity index (χ2n) is 17.0. The van der Waals surface area contributed by atoms with E-state index in [1.807, 2.05) is 0 Å². The molecule has 0 aromatic heterocycles. The third kappa shape index (κ3) is 11.2. The molecule has 0 saturated carbocycles. The molecule has 1 unspecified atom stereocenters. The van der Waals surface area contributed by atoms with Crippen molar-refractivity contribution in [3.8, 4) is 0 Å². The Morgan fingerprint density at radius 3 is 1.38 bits per heavy atom. The maximum Gasteiger partial charge on any atom is 0.364 e. The van der Waals surface area contributed by atoms with Gasteiger partial charge in [0.2, 0.25) is 0 Å². The van der Waals surface area contributed by atoms with Gasteiger partial charge in [0.1, 0.15) is 91.6 Å². The van der Waals surface area contributed by atoms with E-state index in [4.69, 9.17) is 54.1 Å². The molecule has 0 aromatic rings. The molecule has 5 fully saturated rings. The van der Waals surface area contributed by atoms with Crippen LogP contribution in [-0.2, 0) is 57.0 Å². The van der Waals surface area contributed by atoms with Crippen LogP contribution >= 0.6 is 0 Å². The average molecular weight is 1000 g/mol. The maximum absolute atomic E-state index is 13.3. The molecule has 5 aliphatic rings. The van der Waals surface area contributed by atoms with Gasteiger partial charge in [-0.15, -0.1) is 0 Å². The van der Waals surface area contributed by atoms with Crippen LogP contribution in [0.1, 0.15) is 19.3 Å². The standard InChI is InChI=1S/C36H60N2O30/c37-17-24(51)20(47)15(62-29(17)53)7-60-30-18(38)25(52)21(48)16(63-30)8-61-34(31(54)55)2-13(22(49)27(66-34)11(44)5-40)65-36(33(58)59)3-14(23(50)28(68-36)12(45)6-41)64-35(32(56)57)1-9(42)19(46)26(67-35)10(43)4-39/h9-30,39-53H,1-8,37-38H2,(H,54,55)(H,56,57)(H,58,59)/t9-,10-,11-,12-,13-,14-,15-,16-,17-,18-,19-,20-,21-,22-,23-,24-,25-,26-,27-,28-,29?,30-,34-,35-,36-/m1/s1. The number of nitrogens with two attached hydrogens (primary N) is 2. The minimum atomic E-state index is -3.44. The van der Waals surface area contributed by atoms with Gasteiger partial charge in [-0.25, -0.2) is 14.4 Å². The van der Waals surface area contributed by atoms with Gasteiger partial charge < -0.3 is 146 Å². The summed E-state index contributed by atoms with van der Waals surface area (Å²) in [5.74, 6) is -16.4. The maximum atomic E-state index is 13.3. The topological polar surface area (TPSA) is 550 Å². The van der Waals surface area contributed by atoms with Gasteiger partial charge in [-0.2, -0.15) is 0 Å². The van der Waals surface area contributed by atoms with Crippen LogP contribution in [-0.4, -0.2) is 295 Å². The third-order valence-electron chi connectivity index (χ3n) is 12.3. The third-order valence-corrected chi connectivity index (χ3v) is 12.3. The molecule has 5 aliphatic heterocycles. The molecule has 0 aliphatic carbocycles. The Morgan fingerprint density at radius 2 is 0.926 bits per heavy atom. The Morgan fingerprint density at radius 1 is 0.529 bits per heavy atom. The molecule has 0 amide bonds. The van der Waals surface area contributed by atoms with E-state index < -0.39 is 222 Å². The molecule has 5 rings (SSSR count). The molecule has 5 saturated heterocycles. The van der Waals surface area contributed by atoms with Crippen LogP contribution in [0.5, 0.6) is 0 Å². The van der Waals surface area contributed by atoms with Crippen molar-refractivity contribution >= 4 is 17.9 Å². The number of rotatable bonds is 19. The number of aliphatic hydroxyl groups is 15. The number of carboxylic acid groups (broad SMARTS) is 3. The second-order valence-corrected chi connectivity index (χ2v) is 17.0. The Hall–Kier alpha value is -2.63. The highest BCUT2D eigenvalue weighted by Crippen LogP contribution is 2.43. The quantitative estimate of drug-likeness (QED) is 0.0571. The minimum absolute atomic E-state index is 0.703. The zero-order valence-corrected chi connectivity index (χ0v) is 35.5. The Bertz CT molecular complexity index is 1710. The zero-order valence-electron chi connectivity index (χ0n) is 35.5. The SMILES string of the molecule is N[C@H]1[C@H](OC[C@H]2OC(O)[C@H](N)[C@@H](O)[C@@H]2O)O[C@H](CO[C@]2(C(=O)O)C[C@@H](O[C@]3(C(=O)O)C[C@@H](O[C@]4(C(=O)O)C[C@@H](O)[C@@H](O)[C@@H]([C@H](O)CO)O4)[C@@H](O)[C@@H]([C@H](O)CO)O3)[C@@H](O)[C@@H]([C@H](O)CO)O2)[C@@H](O)[C@@H]1O. The van der Waals surface area contributed by atoms with E-state index in [1.54, 1.807) is 0 Å². The van der Waals surface area contributed by atoms with Crippen molar-refractivity contribution < 1.29 is 149 Å². The molecule has 0 bridgehead atoms. The summed E-state index contributed by atoms with van der Waals surface area (Å²) in [5.41, 5.74) is 11.6. The lowest BCUT2D eigenvalue weighted by Crippen LogP contribution is -2.70. The number of carbonyl (C=O) groups is 3. The number of carboxylic acids is 3. The molecule has 25 atom stereocenters. The highest BCUT2D eigenvalue weighted by molar-refractivity contribution is 5.77. The largest absolute Gasteiger partial charge is 0.477 e. The first-order valence-electron chi connectivity index (χ1n) is 20.9. The van der Waals surface area contributed by atoms with Crippen LogP contribution in [0.3, 0.4) is 0 Å². The molecule has 394 valence electrons. The Labute approximate surface area is 382 Å². The number of aliphatic carboxylic acids is 3. The van der Waals surface area contributed by atoms with E-state index in [1.165, 1.54) is 0 Å². The second kappa shape index (κ2) is 22.4. The molecule has 32 heteroatoms. The van der Waals surface area contributed by atoms with Gasteiger partial charge in [0.25, 0.3) is 17.4 Å². The van der Waals surface area contributed by atoms with Gasteiger partial charge in [-0.1, -0.05) is 0 Å². The lowest BCUT2D eigenvalue weighted by Gasteiger charge is -2.51. The fourth-order valence-electron chi connectivity index (χ4n) is 8.34. The first-order chi connectivity index (χ1) is 31.7. The average Bonchev–Trinajstić information content (AvgIpc) is 3.30. The van der Waals surface area contributed by atoms with Crippen molar-refractivity contribution in [3.63, 3.8) is 0 Å². The number of hydrogen-bond acceptors (Lipinski definition) is 29. The van der Waals surface area contributed by atoms with Crippen molar-refractivity contribution in [2.45, 2.75) is 171 Å². The number of hydrogen-bond donors (Lipinski definition) is 20. The van der Waals surface area contributed by atoms with Crippen LogP contribution in [0.25, 0.3) is 0 Å². The first-order valence-corrected chi connectivity index (χ1v) is 20.9. The van der Waals surface area contributed by atoms with Crippen molar-refractivity contribution in [2.24, 2.45) is 11.5 Å². The highest BCUT2D eigenvalue weighted by atomic mass is 16.8. The lowest BCUT2D eigenvalue weighted by atomic mass is 9.89. The molecule has 68 heavy (non-hydrogen) atoms. The first kappa shape index (κ1) is 56.3. The summed E-state index contributed by atoms with van der Waals surface area (Å²) in [6.45, 7) is -5.60. The minimum Gasteiger partial charge on any atom is -0.477 e. The van der Waals surface area contributed by atoms with Gasteiger partial charge in [-0.3, -0.25) is 0 Å². The summed E-state index contributed by atoms with van der Waals surface area (Å²) in [4.78, 5) is 39.2. The van der Waals surface area contributed by atoms with Crippen molar-refractivity contribution in [3.05, 3.63) is 0 Å². The van der Waals surface area contributed by atoms with E-state index in [-0.39, 0.29) is 0 Å². The fourth-order valence-corrected chi connectivity index (χ4v) is 8.34. The molecule has 0 spiro atoms. The van der Waals surface area contributed by atoms with E-state index >= 15 is 0 Å². The predicted octanol–water partition coefficient (Wildman–Crippen LogP) is -12.5. The van der Waals surface area contributed by atoms with Crippen LogP contribution in [0, 0.1) is 0 Å². The summed E-state index contributed by atoms with van der Waals surface area (Å²) < 4.78 is 49.5. The summed E-state index contributed by atoms with van der Waals surface area (Å²) in [6, 6.07) is -3.00. The lowest BCUT2D eigenvalue weighted by molar-refractivity contribution is -0.394. The summed E-state index contributed by atoms with van der Waals surface area (Å²) in [6.07, 6.45) is -45.1. The molecule has 32 nitrogen and oxygen atoms in total. The normalized spacial score (nSPS) is 47.2. The summed E-state index contributed by atoms with van der Waals surface area (Å²) >= 11 is 0. The molecular formula is C36H60N2O30. The van der Waals surface area contributed by atoms with Crippen molar-refractivity contribution in [2.75, 3.05) is 33.0 Å². The smallest absolute Gasteiger partial charge is 0.364 e. The highest BCUT2D eigenvalue weighted by Gasteiger charge is 2.64. The van der Waals surface area contributed by atoms with Crippen molar-refractivity contribution in [1.82, 2.24) is 0 Å². The van der Waals surface area contributed by atoms with Gasteiger partial charge in [-0.05, 0) is 0 Å². The van der Waals surface area contributed by atoms with Crippen LogP contribution in [0.4, 0.5) is 0 Å². The van der Waals surface area contributed by atoms with Crippen LogP contribution in [0.15, 0.2) is 0 Å². The van der Waals surface area contributed by atoms with Crippen LogP contribution in [0.2, 0.25) is 0 Å². The van der Waals surface area contributed by atoms with Gasteiger partial charge in [0.05, 0.1) is 63.4 Å². The van der Waals surface area contributed by atoms with Crippen LogP contribution < -0.4 is 11.5 Å². The summed E-state index contributed by atoms with van der Waals surface area (Å²) in [5, 5.41) is 188. The summed E-state index contributed by atoms with van der Waals surface area (Å²) in [7, 11) is 0. The molecule has 0 aromatic carbocycles. The van der Waals surface area contributed by atoms with E-state index in [0.29, 0.717) is 0 Å².